The first-order chi connectivity index (χ1) is 18.3. The first-order valence-corrected chi connectivity index (χ1v) is 19.2. The van der Waals surface area contributed by atoms with Crippen LogP contribution in [0.2, 0.25) is 0 Å². The van der Waals surface area contributed by atoms with Crippen LogP contribution in [0.5, 0.6) is 0 Å². The van der Waals surface area contributed by atoms with Gasteiger partial charge in [-0.3, -0.25) is 0 Å². The van der Waals surface area contributed by atoms with Gasteiger partial charge in [-0.05, 0) is 19.6 Å². The molecular weight excluding hydrogens is 565 g/mol. The normalized spacial score (nSPS) is 13.1. The van der Waals surface area contributed by atoms with E-state index in [-0.39, 0.29) is 28.8 Å². The van der Waals surface area contributed by atoms with Crippen LogP contribution < -0.4 is 16.4 Å². The average molecular weight is 619 g/mol. The molecule has 0 aliphatic heterocycles. The number of rotatable bonds is 27. The monoisotopic (exact) mass is 618 g/mol. The summed E-state index contributed by atoms with van der Waals surface area (Å²) < 4.78 is 72.6. The SMILES string of the molecule is C=CS(=O)(=O)CCN(CC)CCNCCS(=O)(=O)CCNCCN(CC)CCS(=O)(=O)CCN(CC)CCN. The third kappa shape index (κ3) is 20.8. The molecule has 0 saturated carbocycles. The van der Waals surface area contributed by atoms with Gasteiger partial charge in [0.1, 0.15) is 0 Å². The maximum atomic E-state index is 12.4. The molecule has 4 N–H and O–H groups in total. The number of nitrogens with two attached hydrogens (primary N) is 1. The molecule has 234 valence electrons. The predicted octanol–water partition coefficient (Wildman–Crippen LogP) is -1.52. The van der Waals surface area contributed by atoms with Gasteiger partial charge < -0.3 is 31.1 Å². The van der Waals surface area contributed by atoms with Gasteiger partial charge in [-0.2, -0.15) is 0 Å². The Kier molecular flexibility index (Phi) is 20.8. The van der Waals surface area contributed by atoms with Gasteiger partial charge in [-0.1, -0.05) is 27.4 Å². The van der Waals surface area contributed by atoms with Crippen LogP contribution in [0, 0.1) is 0 Å². The van der Waals surface area contributed by atoms with E-state index in [0.717, 1.165) is 18.5 Å². The van der Waals surface area contributed by atoms with Crippen molar-refractivity contribution in [2.75, 3.05) is 120 Å². The van der Waals surface area contributed by atoms with Crippen LogP contribution in [0.15, 0.2) is 12.0 Å². The van der Waals surface area contributed by atoms with Crippen LogP contribution in [0.3, 0.4) is 0 Å². The third-order valence-electron chi connectivity index (χ3n) is 6.56. The fourth-order valence-electron chi connectivity index (χ4n) is 3.73. The van der Waals surface area contributed by atoms with E-state index in [4.69, 9.17) is 5.73 Å². The lowest BCUT2D eigenvalue weighted by molar-refractivity contribution is 0.302. The first kappa shape index (κ1) is 38.4. The summed E-state index contributed by atoms with van der Waals surface area (Å²) in [5.41, 5.74) is 5.56. The lowest BCUT2D eigenvalue weighted by Gasteiger charge is -2.22. The van der Waals surface area contributed by atoms with Crippen molar-refractivity contribution in [1.82, 2.24) is 25.3 Å². The highest BCUT2D eigenvalue weighted by Crippen LogP contribution is 1.98. The lowest BCUT2D eigenvalue weighted by Crippen LogP contribution is -2.38. The van der Waals surface area contributed by atoms with Crippen molar-refractivity contribution in [3.63, 3.8) is 0 Å². The third-order valence-corrected chi connectivity index (χ3v) is 11.1. The molecule has 0 heterocycles. The molecule has 0 aromatic rings. The minimum Gasteiger partial charge on any atom is -0.329 e. The number of likely N-dealkylation sites (N-methyl/N-ethyl adjacent to an activating group) is 3. The standard InChI is InChI=1S/C24H54N6O6S3/c1-5-28(14-9-25)18-23-39(35,36)24-19-30(7-3)16-11-27-13-21-38(33,34)20-12-26-10-15-29(6-2)17-22-37(31,32)8-4/h8,26-27H,4-7,9-25H2,1-3H3. The van der Waals surface area contributed by atoms with E-state index in [0.29, 0.717) is 78.5 Å². The first-order valence-electron chi connectivity index (χ1n) is 13.9. The molecule has 0 amide bonds. The second kappa shape index (κ2) is 21.1. The van der Waals surface area contributed by atoms with Crippen LogP contribution in [-0.2, 0) is 29.5 Å². The van der Waals surface area contributed by atoms with E-state index in [1.54, 1.807) is 0 Å². The number of nitrogens with zero attached hydrogens (tertiary/aromatic N) is 3. The minimum absolute atomic E-state index is 0.0222. The van der Waals surface area contributed by atoms with Crippen molar-refractivity contribution >= 4 is 29.5 Å². The fraction of sp³-hybridized carbons (Fsp3) is 0.917. The highest BCUT2D eigenvalue weighted by Gasteiger charge is 2.16. The molecule has 0 spiro atoms. The molecule has 0 aliphatic carbocycles. The van der Waals surface area contributed by atoms with Crippen molar-refractivity contribution < 1.29 is 25.3 Å². The Morgan fingerprint density at radius 2 is 0.974 bits per heavy atom. The summed E-state index contributed by atoms with van der Waals surface area (Å²) in [7, 11) is -9.60. The van der Waals surface area contributed by atoms with Crippen LogP contribution in [0.25, 0.3) is 0 Å². The molecule has 0 radical (unpaired) electrons. The zero-order valence-corrected chi connectivity index (χ0v) is 26.8. The molecule has 12 nitrogen and oxygen atoms in total. The summed E-state index contributed by atoms with van der Waals surface area (Å²) in [5.74, 6) is 0.318. The predicted molar refractivity (Wildman–Crippen MR) is 162 cm³/mol. The number of hydrogen-bond acceptors (Lipinski definition) is 12. The van der Waals surface area contributed by atoms with E-state index >= 15 is 0 Å². The quantitative estimate of drug-likeness (QED) is 0.0913. The van der Waals surface area contributed by atoms with E-state index in [9.17, 15) is 25.3 Å². The summed E-state index contributed by atoms with van der Waals surface area (Å²) in [6.07, 6.45) is 0. The highest BCUT2D eigenvalue weighted by molar-refractivity contribution is 7.94. The van der Waals surface area contributed by atoms with Gasteiger partial charge in [-0.25, -0.2) is 25.3 Å². The Balaban J connectivity index is 4.13. The second-order valence-corrected chi connectivity index (χ2v) is 16.1. The van der Waals surface area contributed by atoms with Gasteiger partial charge in [0, 0.05) is 77.4 Å². The van der Waals surface area contributed by atoms with Gasteiger partial charge in [0.2, 0.25) is 0 Å². The fourth-order valence-corrected chi connectivity index (χ4v) is 6.80. The number of sulfone groups is 3. The van der Waals surface area contributed by atoms with Crippen LogP contribution in [0.4, 0.5) is 0 Å². The maximum Gasteiger partial charge on any atom is 0.172 e. The lowest BCUT2D eigenvalue weighted by atomic mass is 10.4. The van der Waals surface area contributed by atoms with Crippen molar-refractivity contribution in [3.8, 4) is 0 Å². The van der Waals surface area contributed by atoms with E-state index < -0.39 is 29.5 Å². The molecule has 0 aliphatic rings. The van der Waals surface area contributed by atoms with Crippen LogP contribution in [-0.4, -0.2) is 160 Å². The number of hydrogen-bond donors (Lipinski definition) is 3. The van der Waals surface area contributed by atoms with Crippen molar-refractivity contribution in [2.24, 2.45) is 5.73 Å². The van der Waals surface area contributed by atoms with Crippen molar-refractivity contribution in [1.29, 1.82) is 0 Å². The van der Waals surface area contributed by atoms with Gasteiger partial charge in [-0.15, -0.1) is 0 Å². The van der Waals surface area contributed by atoms with Crippen molar-refractivity contribution in [2.45, 2.75) is 20.8 Å². The van der Waals surface area contributed by atoms with Crippen molar-refractivity contribution in [3.05, 3.63) is 12.0 Å². The highest BCUT2D eigenvalue weighted by atomic mass is 32.2. The molecule has 0 aromatic carbocycles. The molecule has 0 fully saturated rings. The van der Waals surface area contributed by atoms with Gasteiger partial charge >= 0.3 is 0 Å². The topological polar surface area (TPSA) is 162 Å². The second-order valence-electron chi connectivity index (χ2n) is 9.43. The summed E-state index contributed by atoms with van der Waals surface area (Å²) in [5, 5.41) is 7.24. The number of nitrogens with one attached hydrogen (secondary N) is 2. The Hall–Kier alpha value is -0.650. The molecule has 0 saturated heterocycles. The maximum absolute atomic E-state index is 12.4. The molecule has 39 heavy (non-hydrogen) atoms. The summed E-state index contributed by atoms with van der Waals surface area (Å²) >= 11 is 0. The van der Waals surface area contributed by atoms with E-state index in [2.05, 4.69) is 17.2 Å². The Morgan fingerprint density at radius 3 is 1.36 bits per heavy atom. The Morgan fingerprint density at radius 1 is 0.590 bits per heavy atom. The van der Waals surface area contributed by atoms with E-state index in [1.165, 1.54) is 0 Å². The Bertz CT molecular complexity index is 961. The summed E-state index contributed by atoms with van der Waals surface area (Å²) in [6, 6.07) is 0. The summed E-state index contributed by atoms with van der Waals surface area (Å²) in [6.45, 7) is 17.1. The molecule has 0 bridgehead atoms. The molecule has 0 atom stereocenters. The van der Waals surface area contributed by atoms with Gasteiger partial charge in [0.05, 0.1) is 28.8 Å². The molecule has 0 rings (SSSR count). The molecule has 0 unspecified atom stereocenters. The zero-order chi connectivity index (χ0) is 29.8. The molecule has 15 heteroatoms. The largest absolute Gasteiger partial charge is 0.329 e. The Labute approximate surface area is 238 Å². The van der Waals surface area contributed by atoms with Crippen LogP contribution in [0.1, 0.15) is 20.8 Å². The molecule has 0 aromatic heterocycles. The molecular formula is C24H54N6O6S3. The van der Waals surface area contributed by atoms with Crippen LogP contribution >= 0.6 is 0 Å². The van der Waals surface area contributed by atoms with E-state index in [1.807, 2.05) is 35.5 Å². The minimum atomic E-state index is -3.23. The van der Waals surface area contributed by atoms with Gasteiger partial charge in [0.15, 0.2) is 29.5 Å². The zero-order valence-electron chi connectivity index (χ0n) is 24.3. The summed E-state index contributed by atoms with van der Waals surface area (Å²) in [4.78, 5) is 6.07. The smallest absolute Gasteiger partial charge is 0.172 e. The van der Waals surface area contributed by atoms with Gasteiger partial charge in [0.25, 0.3) is 0 Å². The average Bonchev–Trinajstić information content (AvgIpc) is 2.89.